The maximum Gasteiger partial charge on any atom is 0.416 e. The summed E-state index contributed by atoms with van der Waals surface area (Å²) >= 11 is 6.45. The third-order valence-electron chi connectivity index (χ3n) is 7.73. The quantitative estimate of drug-likeness (QED) is 0.326. The first-order valence-corrected chi connectivity index (χ1v) is 17.5. The summed E-state index contributed by atoms with van der Waals surface area (Å²) in [7, 11) is -7.95. The number of piperazine rings is 1. The number of anilines is 2. The molecule has 0 radical (unpaired) electrons. The molecule has 0 unspecified atom stereocenters. The van der Waals surface area contributed by atoms with E-state index in [-0.39, 0.29) is 13.1 Å². The number of alkyl halides is 3. The zero-order valence-corrected chi connectivity index (χ0v) is 26.1. The molecule has 2 aliphatic heterocycles. The number of para-hydroxylation sites is 1. The van der Waals surface area contributed by atoms with Crippen molar-refractivity contribution < 1.29 is 34.6 Å². The van der Waals surface area contributed by atoms with Gasteiger partial charge in [-0.15, -0.1) is 0 Å². The first-order valence-electron chi connectivity index (χ1n) is 13.8. The van der Waals surface area contributed by atoms with Crippen LogP contribution in [0.4, 0.5) is 24.5 Å². The lowest BCUT2D eigenvalue weighted by molar-refractivity contribution is -0.137. The molecule has 1 saturated heterocycles. The molecule has 1 aromatic heterocycles. The van der Waals surface area contributed by atoms with Crippen LogP contribution in [0, 0.1) is 0 Å². The lowest BCUT2D eigenvalue weighted by Gasteiger charge is -2.37. The molecule has 2 aromatic carbocycles. The highest BCUT2D eigenvalue weighted by Crippen LogP contribution is 2.36. The summed E-state index contributed by atoms with van der Waals surface area (Å²) in [6, 6.07) is 9.64. The number of aromatic nitrogens is 2. The predicted molar refractivity (Wildman–Crippen MR) is 162 cm³/mol. The Morgan fingerprint density at radius 1 is 0.977 bits per heavy atom. The van der Waals surface area contributed by atoms with E-state index in [4.69, 9.17) is 11.6 Å². The van der Waals surface area contributed by atoms with Crippen LogP contribution in [0.3, 0.4) is 0 Å². The van der Waals surface area contributed by atoms with E-state index >= 15 is 0 Å². The second-order valence-corrected chi connectivity index (χ2v) is 14.4. The largest absolute Gasteiger partial charge is 0.416 e. The van der Waals surface area contributed by atoms with E-state index in [1.54, 1.807) is 22.9 Å². The Kier molecular flexibility index (Phi) is 9.22. The highest BCUT2D eigenvalue weighted by molar-refractivity contribution is 7.92. The number of fused-ring (bicyclic) bond motifs is 1. The van der Waals surface area contributed by atoms with Gasteiger partial charge in [0.2, 0.25) is 10.0 Å². The van der Waals surface area contributed by atoms with Crippen molar-refractivity contribution in [1.82, 2.24) is 19.0 Å². The van der Waals surface area contributed by atoms with Gasteiger partial charge in [0.15, 0.2) is 0 Å². The SMILES string of the molecule is CS(=O)(=O)Nc1cccc(Cl)c1N1CCN(CCCn2nc(-c3ccc(C(F)(F)F)cc3)c3c2CCN(S(=O)(=O)O)C3)CC1. The van der Waals surface area contributed by atoms with Crippen molar-refractivity contribution in [3.63, 3.8) is 0 Å². The third-order valence-corrected chi connectivity index (χ3v) is 9.59. The molecule has 1 fully saturated rings. The maximum atomic E-state index is 13.1. The van der Waals surface area contributed by atoms with Crippen LogP contribution in [0.1, 0.15) is 23.2 Å². The average Bonchev–Trinajstić information content (AvgIpc) is 3.30. The summed E-state index contributed by atoms with van der Waals surface area (Å²) < 4.78 is 102. The summed E-state index contributed by atoms with van der Waals surface area (Å²) in [5.41, 5.74) is 2.41. The number of hydrogen-bond donors (Lipinski definition) is 2. The Hall–Kier alpha value is -2.89. The summed E-state index contributed by atoms with van der Waals surface area (Å²) in [6.45, 7) is 3.83. The molecule has 44 heavy (non-hydrogen) atoms. The van der Waals surface area contributed by atoms with Gasteiger partial charge in [0.25, 0.3) is 0 Å². The van der Waals surface area contributed by atoms with E-state index in [2.05, 4.69) is 14.7 Å². The molecule has 2 aliphatic rings. The van der Waals surface area contributed by atoms with Gasteiger partial charge in [0, 0.05) is 75.6 Å². The molecule has 0 atom stereocenters. The summed E-state index contributed by atoms with van der Waals surface area (Å²) in [6.07, 6.45) is -2.41. The number of nitrogens with one attached hydrogen (secondary N) is 1. The van der Waals surface area contributed by atoms with E-state index in [0.717, 1.165) is 34.9 Å². The van der Waals surface area contributed by atoms with Gasteiger partial charge in [-0.25, -0.2) is 8.42 Å². The van der Waals surface area contributed by atoms with Crippen LogP contribution < -0.4 is 9.62 Å². The van der Waals surface area contributed by atoms with Crippen LogP contribution in [0.15, 0.2) is 42.5 Å². The fraction of sp³-hybridized carbons (Fsp3) is 0.444. The summed E-state index contributed by atoms with van der Waals surface area (Å²) in [5, 5.41) is 5.14. The van der Waals surface area contributed by atoms with Crippen LogP contribution in [-0.2, 0) is 46.0 Å². The number of halogens is 4. The van der Waals surface area contributed by atoms with Crippen molar-refractivity contribution in [3.05, 3.63) is 64.3 Å². The fourth-order valence-electron chi connectivity index (χ4n) is 5.65. The molecule has 2 N–H and O–H groups in total. The van der Waals surface area contributed by atoms with Gasteiger partial charge in [0.1, 0.15) is 0 Å². The molecule has 3 aromatic rings. The van der Waals surface area contributed by atoms with Crippen LogP contribution in [-0.4, -0.2) is 85.9 Å². The molecule has 3 heterocycles. The van der Waals surface area contributed by atoms with E-state index in [0.29, 0.717) is 78.8 Å². The van der Waals surface area contributed by atoms with Crippen LogP contribution >= 0.6 is 11.6 Å². The zero-order chi connectivity index (χ0) is 31.9. The first kappa shape index (κ1) is 32.5. The normalized spacial score (nSPS) is 17.1. The highest BCUT2D eigenvalue weighted by atomic mass is 35.5. The van der Waals surface area contributed by atoms with Crippen molar-refractivity contribution >= 4 is 43.3 Å². The van der Waals surface area contributed by atoms with Crippen molar-refractivity contribution in [3.8, 4) is 11.3 Å². The topological polar surface area (TPSA) is 128 Å². The van der Waals surface area contributed by atoms with Crippen LogP contribution in [0.2, 0.25) is 5.02 Å². The summed E-state index contributed by atoms with van der Waals surface area (Å²) in [4.78, 5) is 4.32. The standard InChI is InChI=1S/C27H32ClF3N6O5S2/c1-43(38,39)33-23-5-2-4-22(28)26(23)35-16-14-34(15-17-35)11-3-12-37-24-10-13-36(44(40,41)42)18-21(24)25(32-37)19-6-8-20(9-7-19)27(29,30)31/h2,4-9,33H,3,10-18H2,1H3,(H,40,41,42). The minimum atomic E-state index is -4.49. The van der Waals surface area contributed by atoms with Crippen LogP contribution in [0.25, 0.3) is 11.3 Å². The molecule has 11 nitrogen and oxygen atoms in total. The van der Waals surface area contributed by atoms with Crippen LogP contribution in [0.5, 0.6) is 0 Å². The van der Waals surface area contributed by atoms with Gasteiger partial charge in [-0.3, -0.25) is 18.9 Å². The van der Waals surface area contributed by atoms with E-state index in [9.17, 15) is 34.6 Å². The maximum absolute atomic E-state index is 13.1. The minimum absolute atomic E-state index is 0.0597. The van der Waals surface area contributed by atoms with Crippen molar-refractivity contribution in [1.29, 1.82) is 0 Å². The number of sulfonamides is 1. The Labute approximate surface area is 259 Å². The molecule has 0 amide bonds. The molecule has 240 valence electrons. The number of hydrogen-bond acceptors (Lipinski definition) is 7. The molecular weight excluding hydrogens is 645 g/mol. The second kappa shape index (κ2) is 12.5. The third kappa shape index (κ3) is 7.49. The van der Waals surface area contributed by atoms with E-state index in [1.165, 1.54) is 12.1 Å². The van der Waals surface area contributed by atoms with Gasteiger partial charge in [-0.05, 0) is 30.7 Å². The van der Waals surface area contributed by atoms with E-state index in [1.807, 2.05) is 4.90 Å². The van der Waals surface area contributed by atoms with Crippen molar-refractivity contribution in [2.75, 3.05) is 55.1 Å². The molecule has 0 saturated carbocycles. The number of nitrogens with zero attached hydrogens (tertiary/aromatic N) is 5. The Bertz CT molecular complexity index is 1730. The second-order valence-electron chi connectivity index (χ2n) is 10.8. The molecule has 0 aliphatic carbocycles. The zero-order valence-electron chi connectivity index (χ0n) is 23.8. The highest BCUT2D eigenvalue weighted by Gasteiger charge is 2.33. The molecular formula is C27H32ClF3N6O5S2. The fourth-order valence-corrected chi connectivity index (χ4v) is 7.13. The summed E-state index contributed by atoms with van der Waals surface area (Å²) in [5.74, 6) is 0. The van der Waals surface area contributed by atoms with Gasteiger partial charge >= 0.3 is 16.5 Å². The first-order chi connectivity index (χ1) is 20.6. The number of benzene rings is 2. The Balaban J connectivity index is 1.27. The number of rotatable bonds is 9. The van der Waals surface area contributed by atoms with Gasteiger partial charge in [-0.2, -0.15) is 31.0 Å². The molecule has 5 rings (SSSR count). The minimum Gasteiger partial charge on any atom is -0.366 e. The Morgan fingerprint density at radius 2 is 1.66 bits per heavy atom. The van der Waals surface area contributed by atoms with Gasteiger partial charge < -0.3 is 4.90 Å². The Morgan fingerprint density at radius 3 is 2.27 bits per heavy atom. The van der Waals surface area contributed by atoms with Gasteiger partial charge in [-0.1, -0.05) is 29.8 Å². The molecule has 0 bridgehead atoms. The molecule has 0 spiro atoms. The predicted octanol–water partition coefficient (Wildman–Crippen LogP) is 3.97. The van der Waals surface area contributed by atoms with Crippen molar-refractivity contribution in [2.24, 2.45) is 0 Å². The lowest BCUT2D eigenvalue weighted by Crippen LogP contribution is -2.47. The number of aryl methyl sites for hydroxylation is 1. The smallest absolute Gasteiger partial charge is 0.366 e. The average molecular weight is 677 g/mol. The van der Waals surface area contributed by atoms with Gasteiger partial charge in [0.05, 0.1) is 33.9 Å². The van der Waals surface area contributed by atoms with Crippen molar-refractivity contribution in [2.45, 2.75) is 32.1 Å². The van der Waals surface area contributed by atoms with E-state index < -0.39 is 32.1 Å². The monoisotopic (exact) mass is 676 g/mol. The lowest BCUT2D eigenvalue weighted by atomic mass is 10.0. The molecule has 17 heteroatoms.